The quantitative estimate of drug-likeness (QED) is 0.475. The van der Waals surface area contributed by atoms with Gasteiger partial charge in [-0.3, -0.25) is 14.3 Å². The van der Waals surface area contributed by atoms with Crippen molar-refractivity contribution >= 4 is 15.8 Å². The van der Waals surface area contributed by atoms with Gasteiger partial charge in [-0.2, -0.15) is 8.42 Å². The van der Waals surface area contributed by atoms with Crippen molar-refractivity contribution in [3.8, 4) is 0 Å². The highest BCUT2D eigenvalue weighted by atomic mass is 32.2. The molecule has 0 aliphatic carbocycles. The van der Waals surface area contributed by atoms with E-state index in [2.05, 4.69) is 0 Å². The Morgan fingerprint density at radius 3 is 2.17 bits per heavy atom. The Morgan fingerprint density at radius 2 is 1.61 bits per heavy atom. The largest absolute Gasteiger partial charge is 0.297 e. The predicted molar refractivity (Wildman–Crippen MR) is 85.7 cm³/mol. The molecule has 6 nitrogen and oxygen atoms in total. The van der Waals surface area contributed by atoms with E-state index >= 15 is 0 Å². The summed E-state index contributed by atoms with van der Waals surface area (Å²) < 4.78 is 29.3. The van der Waals surface area contributed by atoms with Crippen molar-refractivity contribution in [2.75, 3.05) is 0 Å². The van der Waals surface area contributed by atoms with Gasteiger partial charge in [0.05, 0.1) is 22.0 Å². The third-order valence-electron chi connectivity index (χ3n) is 3.57. The standard InChI is InChI=1S/C16H17NO5S/c1-11-4-6-15(7-5-11)23(20,21)22-10-14-8-12(2)13(3)9-16(14)17(18)19/h4-9H,10H2,1-3H3. The molecule has 0 spiro atoms. The SMILES string of the molecule is Cc1ccc(S(=O)(=O)OCc2cc(C)c(C)cc2[N+](=O)[O-])cc1. The van der Waals surface area contributed by atoms with Gasteiger partial charge in [-0.25, -0.2) is 0 Å². The Hall–Kier alpha value is -2.25. The van der Waals surface area contributed by atoms with Crippen LogP contribution in [0, 0.1) is 30.9 Å². The first-order valence-corrected chi connectivity index (χ1v) is 8.32. The van der Waals surface area contributed by atoms with E-state index in [1.54, 1.807) is 32.0 Å². The van der Waals surface area contributed by atoms with E-state index in [0.29, 0.717) is 0 Å². The maximum absolute atomic E-state index is 12.2. The highest BCUT2D eigenvalue weighted by molar-refractivity contribution is 7.86. The molecule has 0 atom stereocenters. The average molecular weight is 335 g/mol. The monoisotopic (exact) mass is 335 g/mol. The van der Waals surface area contributed by atoms with Crippen LogP contribution in [0.3, 0.4) is 0 Å². The summed E-state index contributed by atoms with van der Waals surface area (Å²) in [6, 6.07) is 9.22. The molecule has 122 valence electrons. The lowest BCUT2D eigenvalue weighted by Gasteiger charge is -2.09. The van der Waals surface area contributed by atoms with Crippen molar-refractivity contribution < 1.29 is 17.5 Å². The molecule has 0 heterocycles. The molecule has 0 fully saturated rings. The smallest absolute Gasteiger partial charge is 0.261 e. The lowest BCUT2D eigenvalue weighted by atomic mass is 10.0. The zero-order valence-corrected chi connectivity index (χ0v) is 13.9. The molecule has 0 bridgehead atoms. The molecular weight excluding hydrogens is 318 g/mol. The highest BCUT2D eigenvalue weighted by Gasteiger charge is 2.20. The van der Waals surface area contributed by atoms with E-state index in [0.717, 1.165) is 16.7 Å². The van der Waals surface area contributed by atoms with Gasteiger partial charge in [-0.15, -0.1) is 0 Å². The molecule has 0 N–H and O–H groups in total. The van der Waals surface area contributed by atoms with Crippen LogP contribution in [0.1, 0.15) is 22.3 Å². The van der Waals surface area contributed by atoms with Crippen LogP contribution < -0.4 is 0 Å². The summed E-state index contributed by atoms with van der Waals surface area (Å²) in [4.78, 5) is 10.6. The van der Waals surface area contributed by atoms with Crippen molar-refractivity contribution in [3.05, 3.63) is 68.8 Å². The van der Waals surface area contributed by atoms with Gasteiger partial charge < -0.3 is 0 Å². The van der Waals surface area contributed by atoms with E-state index in [4.69, 9.17) is 4.18 Å². The van der Waals surface area contributed by atoms with Crippen molar-refractivity contribution in [1.29, 1.82) is 0 Å². The van der Waals surface area contributed by atoms with Gasteiger partial charge in [0.25, 0.3) is 15.8 Å². The van der Waals surface area contributed by atoms with Crippen LogP contribution in [0.4, 0.5) is 5.69 Å². The van der Waals surface area contributed by atoms with E-state index < -0.39 is 15.0 Å². The second-order valence-electron chi connectivity index (χ2n) is 5.35. The number of nitro groups is 1. The molecule has 0 aliphatic heterocycles. The van der Waals surface area contributed by atoms with E-state index in [1.165, 1.54) is 18.2 Å². The minimum atomic E-state index is -3.96. The second-order valence-corrected chi connectivity index (χ2v) is 6.97. The van der Waals surface area contributed by atoms with E-state index in [1.807, 2.05) is 6.92 Å². The molecule has 0 aliphatic rings. The van der Waals surface area contributed by atoms with Gasteiger partial charge in [0.1, 0.15) is 0 Å². The minimum Gasteiger partial charge on any atom is -0.261 e. The van der Waals surface area contributed by atoms with Crippen LogP contribution in [-0.4, -0.2) is 13.3 Å². The Bertz CT molecular complexity index is 842. The van der Waals surface area contributed by atoms with Crippen LogP contribution in [-0.2, 0) is 20.9 Å². The third-order valence-corrected chi connectivity index (χ3v) is 4.85. The number of nitrogens with zero attached hydrogens (tertiary/aromatic N) is 1. The summed E-state index contributed by atoms with van der Waals surface area (Å²) >= 11 is 0. The number of rotatable bonds is 5. The summed E-state index contributed by atoms with van der Waals surface area (Å²) in [5.41, 5.74) is 2.61. The fourth-order valence-electron chi connectivity index (χ4n) is 2.06. The molecule has 0 saturated carbocycles. The molecule has 2 rings (SSSR count). The second kappa shape index (κ2) is 6.47. The summed E-state index contributed by atoms with van der Waals surface area (Å²) in [5.74, 6) is 0. The topological polar surface area (TPSA) is 86.5 Å². The molecule has 2 aromatic rings. The van der Waals surface area contributed by atoms with Crippen LogP contribution in [0.25, 0.3) is 0 Å². The van der Waals surface area contributed by atoms with Crippen molar-refractivity contribution in [2.45, 2.75) is 32.3 Å². The Kier molecular flexibility index (Phi) is 4.82. The lowest BCUT2D eigenvalue weighted by Crippen LogP contribution is -2.08. The number of hydrogen-bond donors (Lipinski definition) is 0. The number of nitro benzene ring substituents is 1. The van der Waals surface area contributed by atoms with Crippen LogP contribution in [0.15, 0.2) is 41.3 Å². The Morgan fingerprint density at radius 1 is 1.04 bits per heavy atom. The molecular formula is C16H17NO5S. The average Bonchev–Trinajstić information content (AvgIpc) is 2.48. The van der Waals surface area contributed by atoms with Gasteiger partial charge in [0, 0.05) is 6.07 Å². The van der Waals surface area contributed by atoms with Crippen molar-refractivity contribution in [3.63, 3.8) is 0 Å². The normalized spacial score (nSPS) is 11.4. The van der Waals surface area contributed by atoms with Crippen LogP contribution >= 0.6 is 0 Å². The molecule has 0 radical (unpaired) electrons. The first kappa shape index (κ1) is 17.1. The third kappa shape index (κ3) is 3.94. The molecule has 23 heavy (non-hydrogen) atoms. The van der Waals surface area contributed by atoms with E-state index in [9.17, 15) is 18.5 Å². The summed E-state index contributed by atoms with van der Waals surface area (Å²) in [6.07, 6.45) is 0. The van der Waals surface area contributed by atoms with Gasteiger partial charge in [0.15, 0.2) is 0 Å². The van der Waals surface area contributed by atoms with Gasteiger partial charge in [-0.1, -0.05) is 17.7 Å². The predicted octanol–water partition coefficient (Wildman–Crippen LogP) is 3.43. The highest BCUT2D eigenvalue weighted by Crippen LogP contribution is 2.25. The minimum absolute atomic E-state index is 0.0228. The zero-order valence-electron chi connectivity index (χ0n) is 13.1. The Balaban J connectivity index is 2.28. The summed E-state index contributed by atoms with van der Waals surface area (Å²) in [6.45, 7) is 5.02. The molecule has 0 unspecified atom stereocenters. The number of benzene rings is 2. The van der Waals surface area contributed by atoms with Crippen molar-refractivity contribution in [2.24, 2.45) is 0 Å². The maximum atomic E-state index is 12.2. The first-order valence-electron chi connectivity index (χ1n) is 6.91. The molecule has 0 amide bonds. The lowest BCUT2D eigenvalue weighted by molar-refractivity contribution is -0.385. The summed E-state index contributed by atoms with van der Waals surface area (Å²) in [7, 11) is -3.96. The fraction of sp³-hybridized carbons (Fsp3) is 0.250. The number of aryl methyl sites for hydroxylation is 3. The molecule has 0 saturated heterocycles. The summed E-state index contributed by atoms with van der Waals surface area (Å²) in [5, 5.41) is 11.1. The fourth-order valence-corrected chi connectivity index (χ4v) is 2.95. The van der Waals surface area contributed by atoms with Gasteiger partial charge in [-0.05, 0) is 50.1 Å². The van der Waals surface area contributed by atoms with Crippen LogP contribution in [0.5, 0.6) is 0 Å². The first-order chi connectivity index (χ1) is 10.7. The van der Waals surface area contributed by atoms with Gasteiger partial charge >= 0.3 is 0 Å². The number of hydrogen-bond acceptors (Lipinski definition) is 5. The molecule has 0 aromatic heterocycles. The maximum Gasteiger partial charge on any atom is 0.297 e. The van der Waals surface area contributed by atoms with Crippen LogP contribution in [0.2, 0.25) is 0 Å². The van der Waals surface area contributed by atoms with Gasteiger partial charge in [0.2, 0.25) is 0 Å². The van der Waals surface area contributed by atoms with Crippen molar-refractivity contribution in [1.82, 2.24) is 0 Å². The molecule has 2 aromatic carbocycles. The van der Waals surface area contributed by atoms with E-state index in [-0.39, 0.29) is 22.8 Å². The Labute approximate surface area is 135 Å². The molecule has 7 heteroatoms. The zero-order chi connectivity index (χ0) is 17.2.